The summed E-state index contributed by atoms with van der Waals surface area (Å²) in [7, 11) is 0. The number of hydrogen-bond donors (Lipinski definition) is 1. The predicted octanol–water partition coefficient (Wildman–Crippen LogP) is 1.52. The number of hydrogen-bond acceptors (Lipinski definition) is 4. The first-order valence-corrected chi connectivity index (χ1v) is 8.59. The van der Waals surface area contributed by atoms with Crippen molar-refractivity contribution < 1.29 is 9.59 Å². The largest absolute Gasteiger partial charge is 0.348 e. The molecule has 1 aliphatic heterocycles. The summed E-state index contributed by atoms with van der Waals surface area (Å²) in [6.45, 7) is 5.51. The molecule has 3 rings (SSSR count). The molecular formula is C18H23N5O2. The van der Waals surface area contributed by atoms with Crippen LogP contribution >= 0.6 is 0 Å². The fourth-order valence-electron chi connectivity index (χ4n) is 3.18. The van der Waals surface area contributed by atoms with Crippen molar-refractivity contribution in [3.63, 3.8) is 0 Å². The maximum absolute atomic E-state index is 12.4. The van der Waals surface area contributed by atoms with Gasteiger partial charge in [0.25, 0.3) is 0 Å². The summed E-state index contributed by atoms with van der Waals surface area (Å²) in [4.78, 5) is 26.6. The molecule has 2 atom stereocenters. The number of amides is 2. The van der Waals surface area contributed by atoms with Gasteiger partial charge in [-0.05, 0) is 19.4 Å². The summed E-state index contributed by atoms with van der Waals surface area (Å²) in [6.07, 6.45) is 1.90. The maximum Gasteiger partial charge on any atom is 0.225 e. The maximum atomic E-state index is 12.4. The lowest BCUT2D eigenvalue weighted by atomic mass is 10.1. The van der Waals surface area contributed by atoms with Gasteiger partial charge in [0.1, 0.15) is 6.33 Å². The average molecular weight is 341 g/mol. The molecule has 25 heavy (non-hydrogen) atoms. The molecule has 1 saturated heterocycles. The highest BCUT2D eigenvalue weighted by atomic mass is 16.2. The number of carbonyl (C=O) groups excluding carboxylic acids is 2. The molecule has 1 N–H and O–H groups in total. The Balaban J connectivity index is 1.59. The van der Waals surface area contributed by atoms with Crippen LogP contribution in [0.15, 0.2) is 36.7 Å². The van der Waals surface area contributed by atoms with Gasteiger partial charge >= 0.3 is 0 Å². The SMILES string of the molecule is CCn1cnnc1CNC(=O)[C@@H]1CC(=O)N([C@@H](C)c2ccccc2)C1. The number of carbonyl (C=O) groups is 2. The van der Waals surface area contributed by atoms with Gasteiger partial charge in [-0.2, -0.15) is 0 Å². The minimum atomic E-state index is -0.323. The fraction of sp³-hybridized carbons (Fsp3) is 0.444. The van der Waals surface area contributed by atoms with Gasteiger partial charge in [-0.15, -0.1) is 10.2 Å². The molecule has 7 nitrogen and oxygen atoms in total. The van der Waals surface area contributed by atoms with Crippen molar-refractivity contribution in [2.24, 2.45) is 5.92 Å². The van der Waals surface area contributed by atoms with Crippen LogP contribution in [-0.4, -0.2) is 38.0 Å². The van der Waals surface area contributed by atoms with Crippen LogP contribution in [0.25, 0.3) is 0 Å². The third-order valence-corrected chi connectivity index (χ3v) is 4.74. The van der Waals surface area contributed by atoms with Gasteiger partial charge in [-0.25, -0.2) is 0 Å². The van der Waals surface area contributed by atoms with Crippen LogP contribution in [0.2, 0.25) is 0 Å². The Hall–Kier alpha value is -2.70. The van der Waals surface area contributed by atoms with E-state index >= 15 is 0 Å². The number of benzene rings is 1. The van der Waals surface area contributed by atoms with Crippen LogP contribution in [0, 0.1) is 5.92 Å². The molecule has 7 heteroatoms. The zero-order valence-corrected chi connectivity index (χ0v) is 14.6. The van der Waals surface area contributed by atoms with E-state index in [0.717, 1.165) is 17.9 Å². The molecule has 0 bridgehead atoms. The van der Waals surface area contributed by atoms with Gasteiger partial charge in [0.15, 0.2) is 5.82 Å². The number of likely N-dealkylation sites (tertiary alicyclic amines) is 1. The van der Waals surface area contributed by atoms with Crippen LogP contribution in [0.3, 0.4) is 0 Å². The normalized spacial score (nSPS) is 18.4. The summed E-state index contributed by atoms with van der Waals surface area (Å²) in [5.41, 5.74) is 1.08. The van der Waals surface area contributed by atoms with Crippen LogP contribution in [0.1, 0.15) is 37.7 Å². The van der Waals surface area contributed by atoms with E-state index in [9.17, 15) is 9.59 Å². The van der Waals surface area contributed by atoms with Gasteiger partial charge in [-0.3, -0.25) is 9.59 Å². The molecular weight excluding hydrogens is 318 g/mol. The van der Waals surface area contributed by atoms with Crippen LogP contribution in [0.5, 0.6) is 0 Å². The Bertz CT molecular complexity index is 743. The third kappa shape index (κ3) is 3.70. The summed E-state index contributed by atoms with van der Waals surface area (Å²) < 4.78 is 1.88. The number of nitrogens with one attached hydrogen (secondary N) is 1. The fourth-order valence-corrected chi connectivity index (χ4v) is 3.18. The van der Waals surface area contributed by atoms with E-state index in [1.165, 1.54) is 0 Å². The first kappa shape index (κ1) is 17.1. The molecule has 0 saturated carbocycles. The summed E-state index contributed by atoms with van der Waals surface area (Å²) in [5.74, 6) is 0.307. The van der Waals surface area contributed by atoms with Crippen LogP contribution < -0.4 is 5.32 Å². The Morgan fingerprint density at radius 2 is 2.12 bits per heavy atom. The van der Waals surface area contributed by atoms with E-state index in [4.69, 9.17) is 0 Å². The third-order valence-electron chi connectivity index (χ3n) is 4.74. The summed E-state index contributed by atoms with van der Waals surface area (Å²) >= 11 is 0. The van der Waals surface area contributed by atoms with Gasteiger partial charge in [0.05, 0.1) is 18.5 Å². The molecule has 2 aromatic rings. The lowest BCUT2D eigenvalue weighted by Crippen LogP contribution is -2.34. The molecule has 0 unspecified atom stereocenters. The zero-order valence-electron chi connectivity index (χ0n) is 14.6. The molecule has 0 aliphatic carbocycles. The van der Waals surface area contributed by atoms with E-state index in [1.807, 2.05) is 48.7 Å². The monoisotopic (exact) mass is 341 g/mol. The van der Waals surface area contributed by atoms with Gasteiger partial charge in [-0.1, -0.05) is 30.3 Å². The quantitative estimate of drug-likeness (QED) is 0.864. The minimum absolute atomic E-state index is 0.0215. The van der Waals surface area contributed by atoms with Crippen molar-refractivity contribution in [1.82, 2.24) is 25.0 Å². The predicted molar refractivity (Wildman–Crippen MR) is 92.2 cm³/mol. The van der Waals surface area contributed by atoms with Gasteiger partial charge in [0.2, 0.25) is 11.8 Å². The van der Waals surface area contributed by atoms with E-state index in [0.29, 0.717) is 13.1 Å². The molecule has 0 spiro atoms. The van der Waals surface area contributed by atoms with Crippen molar-refractivity contribution in [3.05, 3.63) is 48.0 Å². The Morgan fingerprint density at radius 3 is 2.84 bits per heavy atom. The number of aryl methyl sites for hydroxylation is 1. The second-order valence-electron chi connectivity index (χ2n) is 6.28. The number of nitrogens with zero attached hydrogens (tertiary/aromatic N) is 4. The van der Waals surface area contributed by atoms with Crippen LogP contribution in [-0.2, 0) is 22.7 Å². The number of rotatable bonds is 6. The molecule has 0 radical (unpaired) electrons. The van der Waals surface area contributed by atoms with Crippen molar-refractivity contribution in [2.45, 2.75) is 39.4 Å². The molecule has 1 aromatic heterocycles. The first-order valence-electron chi connectivity index (χ1n) is 8.59. The molecule has 2 amide bonds. The van der Waals surface area contributed by atoms with Crippen molar-refractivity contribution in [2.75, 3.05) is 6.54 Å². The smallest absolute Gasteiger partial charge is 0.225 e. The second-order valence-corrected chi connectivity index (χ2v) is 6.28. The first-order chi connectivity index (χ1) is 12.1. The highest BCUT2D eigenvalue weighted by Crippen LogP contribution is 2.28. The van der Waals surface area contributed by atoms with E-state index in [1.54, 1.807) is 11.2 Å². The standard InChI is InChI=1S/C18H23N5O2/c1-3-22-12-20-21-16(22)10-19-18(25)15-9-17(24)23(11-15)13(2)14-7-5-4-6-8-14/h4-8,12-13,15H,3,9-11H2,1-2H3,(H,19,25)/t13-,15+/m0/s1. The molecule has 1 fully saturated rings. The highest BCUT2D eigenvalue weighted by molar-refractivity contribution is 5.89. The van der Waals surface area contributed by atoms with Crippen molar-refractivity contribution in [3.8, 4) is 0 Å². The lowest BCUT2D eigenvalue weighted by molar-refractivity contribution is -0.130. The average Bonchev–Trinajstić information content (AvgIpc) is 3.26. The molecule has 1 aromatic carbocycles. The molecule has 2 heterocycles. The van der Waals surface area contributed by atoms with Crippen molar-refractivity contribution >= 4 is 11.8 Å². The van der Waals surface area contributed by atoms with E-state index < -0.39 is 0 Å². The zero-order chi connectivity index (χ0) is 17.8. The van der Waals surface area contributed by atoms with Gasteiger partial charge in [0, 0.05) is 19.5 Å². The summed E-state index contributed by atoms with van der Waals surface area (Å²) in [5, 5.41) is 10.7. The van der Waals surface area contributed by atoms with Gasteiger partial charge < -0.3 is 14.8 Å². The Labute approximate surface area is 147 Å². The molecule has 1 aliphatic rings. The number of aromatic nitrogens is 3. The highest BCUT2D eigenvalue weighted by Gasteiger charge is 2.36. The Morgan fingerprint density at radius 1 is 1.36 bits per heavy atom. The summed E-state index contributed by atoms with van der Waals surface area (Å²) in [6, 6.07) is 9.84. The second kappa shape index (κ2) is 7.46. The van der Waals surface area contributed by atoms with Crippen molar-refractivity contribution in [1.29, 1.82) is 0 Å². The van der Waals surface area contributed by atoms with Crippen LogP contribution in [0.4, 0.5) is 0 Å². The minimum Gasteiger partial charge on any atom is -0.348 e. The lowest BCUT2D eigenvalue weighted by Gasteiger charge is -2.25. The molecule has 132 valence electrons. The van der Waals surface area contributed by atoms with E-state index in [-0.39, 0.29) is 30.2 Å². The topological polar surface area (TPSA) is 80.1 Å². The Kier molecular flexibility index (Phi) is 5.11. The van der Waals surface area contributed by atoms with E-state index in [2.05, 4.69) is 15.5 Å².